The van der Waals surface area contributed by atoms with E-state index in [4.69, 9.17) is 37.9 Å². The third kappa shape index (κ3) is 10.3. The van der Waals surface area contributed by atoms with Crippen LogP contribution in [0.1, 0.15) is 71.1 Å². The van der Waals surface area contributed by atoms with E-state index in [-0.39, 0.29) is 37.6 Å². The first-order chi connectivity index (χ1) is 28.8. The second-order valence-corrected chi connectivity index (χ2v) is 16.0. The first kappa shape index (κ1) is 44.7. The van der Waals surface area contributed by atoms with Crippen molar-refractivity contribution in [3.63, 3.8) is 0 Å². The number of nitrogens with one attached hydrogen (secondary N) is 1. The van der Waals surface area contributed by atoms with Gasteiger partial charge in [-0.3, -0.25) is 9.59 Å². The maximum atomic E-state index is 14.2. The van der Waals surface area contributed by atoms with E-state index in [1.54, 1.807) is 6.92 Å². The van der Waals surface area contributed by atoms with E-state index in [1.807, 2.05) is 107 Å². The second-order valence-electron chi connectivity index (χ2n) is 16.0. The lowest BCUT2D eigenvalue weighted by Gasteiger charge is -2.49. The Balaban J connectivity index is 1.21. The molecule has 0 aromatic heterocycles. The van der Waals surface area contributed by atoms with E-state index in [0.717, 1.165) is 27.8 Å². The van der Waals surface area contributed by atoms with Gasteiger partial charge in [-0.2, -0.15) is 0 Å². The highest BCUT2D eigenvalue weighted by Gasteiger charge is 2.50. The minimum atomic E-state index is -1.37. The number of benzene rings is 3. The summed E-state index contributed by atoms with van der Waals surface area (Å²) in [5, 5.41) is 2.69. The fourth-order valence-electron chi connectivity index (χ4n) is 8.36. The lowest BCUT2D eigenvalue weighted by Crippen LogP contribution is -2.59. The van der Waals surface area contributed by atoms with Gasteiger partial charge in [0.2, 0.25) is 0 Å². The topological polar surface area (TPSA) is 154 Å². The maximum Gasteiger partial charge on any atom is 0.407 e. The van der Waals surface area contributed by atoms with Crippen molar-refractivity contribution in [2.45, 2.75) is 110 Å². The van der Waals surface area contributed by atoms with Gasteiger partial charge < -0.3 is 43.2 Å². The largest absolute Gasteiger partial charge is 0.463 e. The minimum Gasteiger partial charge on any atom is -0.463 e. The molecule has 1 N–H and O–H groups in total. The van der Waals surface area contributed by atoms with Crippen molar-refractivity contribution in [3.8, 4) is 11.1 Å². The van der Waals surface area contributed by atoms with Crippen LogP contribution >= 0.6 is 0 Å². The van der Waals surface area contributed by atoms with Crippen LogP contribution in [0.5, 0.6) is 0 Å². The molecule has 3 aromatic carbocycles. The number of fused-ring (bicyclic) bond motifs is 3. The normalized spacial score (nSPS) is 28.3. The molecule has 14 heteroatoms. The summed E-state index contributed by atoms with van der Waals surface area (Å²) in [4.78, 5) is 51.7. The number of carbonyl (C=O) groups is 4. The van der Waals surface area contributed by atoms with Gasteiger partial charge in [-0.1, -0.05) is 107 Å². The summed E-state index contributed by atoms with van der Waals surface area (Å²) in [7, 11) is 0. The molecular formula is C46H56FNO12. The van der Waals surface area contributed by atoms with Gasteiger partial charge in [0.15, 0.2) is 24.7 Å². The van der Waals surface area contributed by atoms with E-state index < -0.39 is 91.7 Å². The molecule has 3 aromatic rings. The molecule has 2 heterocycles. The minimum absolute atomic E-state index is 0.0105. The van der Waals surface area contributed by atoms with Crippen LogP contribution < -0.4 is 5.32 Å². The Morgan fingerprint density at radius 1 is 0.683 bits per heavy atom. The summed E-state index contributed by atoms with van der Waals surface area (Å²) in [5.74, 6) is -3.69. The molecule has 1 amide bonds. The van der Waals surface area contributed by atoms with Crippen LogP contribution in [-0.4, -0.2) is 93.0 Å². The zero-order valence-electron chi connectivity index (χ0n) is 35.1. The Morgan fingerprint density at radius 3 is 1.92 bits per heavy atom. The Labute approximate surface area is 350 Å². The fraction of sp³-hybridized carbons (Fsp3) is 0.522. The molecule has 3 aliphatic rings. The van der Waals surface area contributed by atoms with E-state index in [0.29, 0.717) is 0 Å². The van der Waals surface area contributed by atoms with Crippen LogP contribution in [0, 0.1) is 23.7 Å². The molecule has 2 aliphatic heterocycles. The number of amides is 1. The number of alkyl halides is 1. The van der Waals surface area contributed by atoms with Gasteiger partial charge in [0.25, 0.3) is 0 Å². The highest BCUT2D eigenvalue weighted by Crippen LogP contribution is 2.45. The summed E-state index contributed by atoms with van der Waals surface area (Å²) < 4.78 is 62.4. The van der Waals surface area contributed by atoms with Crippen molar-refractivity contribution in [1.82, 2.24) is 5.32 Å². The molecule has 324 valence electrons. The molecule has 2 saturated heterocycles. The smallest absolute Gasteiger partial charge is 0.407 e. The Bertz CT molecular complexity index is 1900. The van der Waals surface area contributed by atoms with Crippen molar-refractivity contribution >= 4 is 24.0 Å². The van der Waals surface area contributed by atoms with Gasteiger partial charge >= 0.3 is 24.0 Å². The predicted molar refractivity (Wildman–Crippen MR) is 216 cm³/mol. The summed E-state index contributed by atoms with van der Waals surface area (Å²) in [5.41, 5.74) is 4.94. The van der Waals surface area contributed by atoms with Crippen molar-refractivity contribution in [2.24, 2.45) is 23.7 Å². The Hall–Kier alpha value is -4.89. The average molecular weight is 834 g/mol. The summed E-state index contributed by atoms with van der Waals surface area (Å²) in [6.07, 6.45) is -7.33. The molecule has 1 aliphatic carbocycles. The second kappa shape index (κ2) is 20.1. The molecule has 4 unspecified atom stereocenters. The zero-order chi connectivity index (χ0) is 43.1. The predicted octanol–water partition coefficient (Wildman–Crippen LogP) is 6.89. The third-order valence-electron chi connectivity index (χ3n) is 12.0. The van der Waals surface area contributed by atoms with Crippen molar-refractivity contribution in [1.29, 1.82) is 0 Å². The average Bonchev–Trinajstić information content (AvgIpc) is 3.56. The fourth-order valence-corrected chi connectivity index (χ4v) is 8.36. The quantitative estimate of drug-likeness (QED) is 0.125. The third-order valence-corrected chi connectivity index (χ3v) is 12.0. The highest BCUT2D eigenvalue weighted by molar-refractivity contribution is 5.82. The van der Waals surface area contributed by atoms with Gasteiger partial charge in [0.05, 0.1) is 24.4 Å². The molecule has 0 spiro atoms. The standard InChI is InChI=1S/C46H56FNO12/c1-25-26(2)42(57-31(7)50)45(58-38(25)21-47)60-41-27(3)39(24-53-30(6)49)59-44(28(41)4)56-29(5)40(43(51)54-22-32-15-9-8-10-16-32)48-46(52)55-23-37-35-19-13-11-17-33(35)34-18-12-14-20-36(34)37/h8-20,25-29,37-42,44-45H,21-24H2,1-7H3,(H,48,52)/t25-,26+,27+,28?,29-,38?,39?,40+,41+,42?,44+,45+/m1/s1. The molecular weight excluding hydrogens is 777 g/mol. The summed E-state index contributed by atoms with van der Waals surface area (Å²) >= 11 is 0. The van der Waals surface area contributed by atoms with E-state index in [2.05, 4.69) is 5.32 Å². The van der Waals surface area contributed by atoms with Crippen LogP contribution in [0.15, 0.2) is 78.9 Å². The monoisotopic (exact) mass is 833 g/mol. The molecule has 0 saturated carbocycles. The number of carbonyl (C=O) groups excluding carboxylic acids is 4. The summed E-state index contributed by atoms with van der Waals surface area (Å²) in [6, 6.07) is 23.7. The first-order valence-corrected chi connectivity index (χ1v) is 20.6. The number of ether oxygens (including phenoxy) is 8. The van der Waals surface area contributed by atoms with E-state index in [1.165, 1.54) is 13.8 Å². The molecule has 0 bridgehead atoms. The first-order valence-electron chi connectivity index (χ1n) is 20.6. The van der Waals surface area contributed by atoms with E-state index in [9.17, 15) is 23.6 Å². The van der Waals surface area contributed by atoms with Crippen LogP contribution in [0.2, 0.25) is 0 Å². The number of rotatable bonds is 15. The van der Waals surface area contributed by atoms with Crippen LogP contribution in [0.25, 0.3) is 11.1 Å². The van der Waals surface area contributed by atoms with Crippen molar-refractivity contribution in [2.75, 3.05) is 19.9 Å². The highest BCUT2D eigenvalue weighted by atomic mass is 19.1. The number of hydrogen-bond donors (Lipinski definition) is 1. The van der Waals surface area contributed by atoms with Gasteiger partial charge in [-0.25, -0.2) is 14.0 Å². The zero-order valence-corrected chi connectivity index (χ0v) is 35.1. The molecule has 13 nitrogen and oxygen atoms in total. The lowest BCUT2D eigenvalue weighted by atomic mass is 9.83. The van der Waals surface area contributed by atoms with Crippen LogP contribution in [0.3, 0.4) is 0 Å². The maximum absolute atomic E-state index is 14.2. The van der Waals surface area contributed by atoms with Gasteiger partial charge in [0, 0.05) is 37.5 Å². The SMILES string of the molecule is CC(=O)OCC1O[C@H](O[C@H](C)[C@H](NC(=O)OCC2c3ccccc3-c3ccccc32)C(=O)OCc2ccccc2)C(C)[C@@H](O[C@@H]2OC(CF)[C@H](C)[C@H](C)C2OC(C)=O)[C@H]1C. The lowest BCUT2D eigenvalue weighted by molar-refractivity contribution is -0.337. The van der Waals surface area contributed by atoms with Crippen LogP contribution in [-0.2, 0) is 58.9 Å². The summed E-state index contributed by atoms with van der Waals surface area (Å²) in [6.45, 7) is 10.5. The van der Waals surface area contributed by atoms with Crippen molar-refractivity contribution < 1.29 is 61.5 Å². The van der Waals surface area contributed by atoms with Gasteiger partial charge in [-0.05, 0) is 40.7 Å². The van der Waals surface area contributed by atoms with E-state index >= 15 is 0 Å². The molecule has 6 rings (SSSR count). The number of alkyl carbamates (subject to hydrolysis) is 1. The Morgan fingerprint density at radius 2 is 1.30 bits per heavy atom. The number of halogens is 1. The molecule has 2 fully saturated rings. The van der Waals surface area contributed by atoms with Crippen molar-refractivity contribution in [3.05, 3.63) is 95.6 Å². The molecule has 12 atom stereocenters. The number of esters is 3. The Kier molecular flexibility index (Phi) is 15.0. The van der Waals surface area contributed by atoms with Gasteiger partial charge in [-0.15, -0.1) is 0 Å². The number of hydrogen-bond acceptors (Lipinski definition) is 12. The molecule has 60 heavy (non-hydrogen) atoms. The molecule has 0 radical (unpaired) electrons. The van der Waals surface area contributed by atoms with Gasteiger partial charge in [0.1, 0.15) is 26.5 Å². The van der Waals surface area contributed by atoms with Crippen LogP contribution in [0.4, 0.5) is 9.18 Å².